The molecule has 0 atom stereocenters. The zero-order valence-corrected chi connectivity index (χ0v) is 17.6. The lowest BCUT2D eigenvalue weighted by Crippen LogP contribution is -2.07. The second-order valence-corrected chi connectivity index (χ2v) is 7.17. The fourth-order valence-electron chi connectivity index (χ4n) is 3.55. The second-order valence-electron chi connectivity index (χ2n) is 7.17. The third kappa shape index (κ3) is 4.14. The minimum Gasteiger partial charge on any atom is -0.462 e. The topological polar surface area (TPSA) is 108 Å². The van der Waals surface area contributed by atoms with Crippen molar-refractivity contribution < 1.29 is 24.0 Å². The Morgan fingerprint density at radius 1 is 0.879 bits per heavy atom. The summed E-state index contributed by atoms with van der Waals surface area (Å²) in [5.74, 6) is -1.38. The van der Waals surface area contributed by atoms with Gasteiger partial charge in [-0.25, -0.2) is 4.79 Å². The van der Waals surface area contributed by atoms with Gasteiger partial charge in [-0.2, -0.15) is 0 Å². The van der Waals surface area contributed by atoms with Crippen molar-refractivity contribution >= 4 is 28.7 Å². The molecule has 0 aliphatic rings. The van der Waals surface area contributed by atoms with Crippen LogP contribution < -0.4 is 0 Å². The Labute approximate surface area is 188 Å². The Hall–Kier alpha value is -4.59. The zero-order valence-electron chi connectivity index (χ0n) is 17.6. The monoisotopic (exact) mass is 442 g/mol. The molecule has 0 spiro atoms. The largest absolute Gasteiger partial charge is 0.462 e. The first-order chi connectivity index (χ1) is 15.9. The number of non-ortho nitro benzene ring substituents is 1. The summed E-state index contributed by atoms with van der Waals surface area (Å²) < 4.78 is 6.61. The molecular formula is C25H18N2O6. The number of benzene rings is 2. The van der Waals surface area contributed by atoms with E-state index in [-0.39, 0.29) is 34.9 Å². The number of nitrogens with zero attached hydrogens (tertiary/aromatic N) is 2. The maximum atomic E-state index is 13.2. The highest BCUT2D eigenvalue weighted by Crippen LogP contribution is 2.24. The molecule has 8 nitrogen and oxygen atoms in total. The molecule has 0 bridgehead atoms. The van der Waals surface area contributed by atoms with Crippen molar-refractivity contribution in [3.63, 3.8) is 0 Å². The van der Waals surface area contributed by atoms with Crippen LogP contribution in [0.4, 0.5) is 5.69 Å². The highest BCUT2D eigenvalue weighted by molar-refractivity contribution is 6.13. The van der Waals surface area contributed by atoms with Crippen LogP contribution in [0.5, 0.6) is 0 Å². The van der Waals surface area contributed by atoms with E-state index in [9.17, 15) is 24.5 Å². The molecule has 164 valence electrons. The molecule has 0 aliphatic carbocycles. The van der Waals surface area contributed by atoms with Crippen molar-refractivity contribution in [2.45, 2.75) is 6.92 Å². The molecule has 33 heavy (non-hydrogen) atoms. The van der Waals surface area contributed by atoms with E-state index in [2.05, 4.69) is 0 Å². The number of hydrogen-bond acceptors (Lipinski definition) is 6. The quantitative estimate of drug-likeness (QED) is 0.181. The van der Waals surface area contributed by atoms with Gasteiger partial charge >= 0.3 is 5.97 Å². The number of ether oxygens (including phenoxy) is 1. The van der Waals surface area contributed by atoms with E-state index in [1.165, 1.54) is 47.0 Å². The lowest BCUT2D eigenvalue weighted by molar-refractivity contribution is -0.384. The molecule has 0 amide bonds. The highest BCUT2D eigenvalue weighted by atomic mass is 16.6. The van der Waals surface area contributed by atoms with Crippen molar-refractivity contribution in [1.82, 2.24) is 4.40 Å². The fourth-order valence-corrected chi connectivity index (χ4v) is 3.55. The molecule has 0 fully saturated rings. The number of rotatable bonds is 7. The SMILES string of the molecule is CCOC(=O)c1cc(C(=O)c2cccc([N+](=O)[O-])c2)n2ccc(C(=O)c3ccccc3)cc12. The smallest absolute Gasteiger partial charge is 0.340 e. The van der Waals surface area contributed by atoms with Gasteiger partial charge < -0.3 is 9.14 Å². The van der Waals surface area contributed by atoms with Gasteiger partial charge in [0.15, 0.2) is 5.78 Å². The van der Waals surface area contributed by atoms with Crippen LogP contribution in [0.1, 0.15) is 49.3 Å². The average Bonchev–Trinajstić information content (AvgIpc) is 3.23. The minimum absolute atomic E-state index is 0.100. The standard InChI is InChI=1S/C25H18N2O6/c1-2-33-25(30)20-15-22(24(29)17-9-6-10-19(13-17)27(31)32)26-12-11-18(14-21(20)26)23(28)16-7-4-3-5-8-16/h3-15H,2H2,1H3. The summed E-state index contributed by atoms with van der Waals surface area (Å²) in [6.45, 7) is 1.79. The van der Waals surface area contributed by atoms with Crippen LogP contribution in [-0.4, -0.2) is 33.5 Å². The van der Waals surface area contributed by atoms with Gasteiger partial charge in [-0.3, -0.25) is 19.7 Å². The van der Waals surface area contributed by atoms with Crippen LogP contribution in [0.15, 0.2) is 79.0 Å². The highest BCUT2D eigenvalue weighted by Gasteiger charge is 2.23. The van der Waals surface area contributed by atoms with Crippen molar-refractivity contribution in [2.75, 3.05) is 6.61 Å². The molecule has 0 N–H and O–H groups in total. The number of carbonyl (C=O) groups is 3. The molecule has 4 rings (SSSR count). The van der Waals surface area contributed by atoms with E-state index in [4.69, 9.17) is 4.74 Å². The number of carbonyl (C=O) groups excluding carboxylic acids is 3. The third-order valence-corrected chi connectivity index (χ3v) is 5.12. The molecule has 0 saturated heterocycles. The first-order valence-corrected chi connectivity index (χ1v) is 10.1. The van der Waals surface area contributed by atoms with Gasteiger partial charge in [0.05, 0.1) is 28.3 Å². The molecular weight excluding hydrogens is 424 g/mol. The van der Waals surface area contributed by atoms with Crippen molar-refractivity contribution in [1.29, 1.82) is 0 Å². The summed E-state index contributed by atoms with van der Waals surface area (Å²) in [7, 11) is 0. The van der Waals surface area contributed by atoms with E-state index in [1.807, 2.05) is 0 Å². The Kier molecular flexibility index (Phi) is 5.82. The lowest BCUT2D eigenvalue weighted by atomic mass is 10.0. The Morgan fingerprint density at radius 2 is 1.58 bits per heavy atom. The Balaban J connectivity index is 1.85. The molecule has 0 aliphatic heterocycles. The van der Waals surface area contributed by atoms with E-state index < -0.39 is 16.7 Å². The Bertz CT molecular complexity index is 1410. The zero-order chi connectivity index (χ0) is 23.5. The number of aromatic nitrogens is 1. The number of nitro benzene ring substituents is 1. The Morgan fingerprint density at radius 3 is 2.27 bits per heavy atom. The van der Waals surface area contributed by atoms with Crippen molar-refractivity contribution in [3.05, 3.63) is 117 Å². The van der Waals surface area contributed by atoms with Gasteiger partial charge in [-0.15, -0.1) is 0 Å². The summed E-state index contributed by atoms with van der Waals surface area (Å²) in [6, 6.07) is 18.5. The van der Waals surface area contributed by atoms with Gasteiger partial charge in [0.1, 0.15) is 0 Å². The van der Waals surface area contributed by atoms with Crippen LogP contribution in [0.25, 0.3) is 5.52 Å². The first-order valence-electron chi connectivity index (χ1n) is 10.1. The predicted molar refractivity (Wildman–Crippen MR) is 120 cm³/mol. The summed E-state index contributed by atoms with van der Waals surface area (Å²) >= 11 is 0. The molecule has 2 aromatic heterocycles. The van der Waals surface area contributed by atoms with Crippen LogP contribution in [-0.2, 0) is 4.74 Å². The lowest BCUT2D eigenvalue weighted by Gasteiger charge is -2.06. The van der Waals surface area contributed by atoms with E-state index >= 15 is 0 Å². The van der Waals surface area contributed by atoms with Gasteiger partial charge in [0, 0.05) is 35.0 Å². The third-order valence-electron chi connectivity index (χ3n) is 5.12. The number of esters is 1. The number of hydrogen-bond donors (Lipinski definition) is 0. The first kappa shape index (κ1) is 21.6. The molecule has 4 aromatic rings. The molecule has 8 heteroatoms. The van der Waals surface area contributed by atoms with Gasteiger partial charge in [0.25, 0.3) is 5.69 Å². The van der Waals surface area contributed by atoms with E-state index in [0.717, 1.165) is 0 Å². The number of ketones is 2. The molecule has 0 unspecified atom stereocenters. The summed E-state index contributed by atoms with van der Waals surface area (Å²) in [5, 5.41) is 11.1. The fraction of sp³-hybridized carbons (Fsp3) is 0.0800. The number of nitro groups is 1. The van der Waals surface area contributed by atoms with Crippen LogP contribution >= 0.6 is 0 Å². The summed E-state index contributed by atoms with van der Waals surface area (Å²) in [4.78, 5) is 49.2. The van der Waals surface area contributed by atoms with Crippen molar-refractivity contribution in [3.8, 4) is 0 Å². The number of pyridine rings is 1. The molecule has 2 heterocycles. The van der Waals surface area contributed by atoms with Crippen LogP contribution in [0.3, 0.4) is 0 Å². The normalized spacial score (nSPS) is 10.7. The summed E-state index contributed by atoms with van der Waals surface area (Å²) in [5.41, 5.74) is 1.27. The second kappa shape index (κ2) is 8.88. The molecule has 0 saturated carbocycles. The van der Waals surface area contributed by atoms with Gasteiger partial charge in [-0.1, -0.05) is 42.5 Å². The van der Waals surface area contributed by atoms with Crippen molar-refractivity contribution in [2.24, 2.45) is 0 Å². The molecule has 2 aromatic carbocycles. The van der Waals surface area contributed by atoms with Crippen LogP contribution in [0, 0.1) is 10.1 Å². The van der Waals surface area contributed by atoms with Crippen LogP contribution in [0.2, 0.25) is 0 Å². The number of fused-ring (bicyclic) bond motifs is 1. The van der Waals surface area contributed by atoms with Gasteiger partial charge in [0.2, 0.25) is 5.78 Å². The predicted octanol–water partition coefficient (Wildman–Crippen LogP) is 4.49. The van der Waals surface area contributed by atoms with Gasteiger partial charge in [-0.05, 0) is 25.1 Å². The maximum Gasteiger partial charge on any atom is 0.340 e. The summed E-state index contributed by atoms with van der Waals surface area (Å²) in [6.07, 6.45) is 1.53. The minimum atomic E-state index is -0.641. The van der Waals surface area contributed by atoms with E-state index in [0.29, 0.717) is 16.6 Å². The molecule has 0 radical (unpaired) electrons. The average molecular weight is 442 g/mol. The maximum absolute atomic E-state index is 13.2. The van der Waals surface area contributed by atoms with E-state index in [1.54, 1.807) is 43.3 Å².